The van der Waals surface area contributed by atoms with E-state index in [4.69, 9.17) is 17.3 Å². The van der Waals surface area contributed by atoms with Crippen molar-refractivity contribution >= 4 is 29.2 Å². The van der Waals surface area contributed by atoms with Crippen molar-refractivity contribution in [3.8, 4) is 0 Å². The van der Waals surface area contributed by atoms with Crippen LogP contribution in [0.5, 0.6) is 0 Å². The van der Waals surface area contributed by atoms with E-state index in [1.165, 1.54) is 0 Å². The lowest BCUT2D eigenvalue weighted by molar-refractivity contribution is -0.140. The summed E-state index contributed by atoms with van der Waals surface area (Å²) in [5.41, 5.74) is 0. The molecule has 0 aliphatic carbocycles. The third-order valence-corrected chi connectivity index (χ3v) is 2.18. The normalized spacial score (nSPS) is 29.1. The van der Waals surface area contributed by atoms with Gasteiger partial charge in [-0.25, -0.2) is 9.59 Å². The van der Waals surface area contributed by atoms with Gasteiger partial charge in [-0.05, 0) is 0 Å². The molecule has 0 aromatic carbocycles. The summed E-state index contributed by atoms with van der Waals surface area (Å²) < 4.78 is 0. The van der Waals surface area contributed by atoms with Crippen LogP contribution in [0.25, 0.3) is 0 Å². The third kappa shape index (κ3) is 1.53. The van der Waals surface area contributed by atoms with Gasteiger partial charge in [-0.1, -0.05) is 19.1 Å². The first-order valence-electron chi connectivity index (χ1n) is 3.36. The van der Waals surface area contributed by atoms with Crippen LogP contribution in [-0.4, -0.2) is 28.1 Å². The Morgan fingerprint density at radius 3 is 2.75 bits per heavy atom. The number of carboxylic acids is 1. The standard InChI is InChI=1S/C6H8N2O3S/c1-2-3(5(9)10)7-6(11)8-4(2)12/h2-3H,1H3,(H,9,10)(H2,7,8,11,12)/t2-,3+/m1/s1. The molecule has 3 N–H and O–H groups in total. The van der Waals surface area contributed by atoms with E-state index in [-0.39, 0.29) is 10.9 Å². The molecule has 1 rings (SSSR count). The zero-order chi connectivity index (χ0) is 9.30. The first kappa shape index (κ1) is 8.92. The fourth-order valence-electron chi connectivity index (χ4n) is 0.955. The number of urea groups is 1. The molecule has 1 heterocycles. The summed E-state index contributed by atoms with van der Waals surface area (Å²) in [6, 6.07) is -1.46. The molecule has 12 heavy (non-hydrogen) atoms. The molecule has 1 saturated heterocycles. The lowest BCUT2D eigenvalue weighted by atomic mass is 10.0. The van der Waals surface area contributed by atoms with Gasteiger partial charge in [0.05, 0.1) is 4.99 Å². The molecule has 0 radical (unpaired) electrons. The van der Waals surface area contributed by atoms with Crippen molar-refractivity contribution in [2.45, 2.75) is 13.0 Å². The van der Waals surface area contributed by atoms with Crippen LogP contribution >= 0.6 is 12.2 Å². The second-order valence-electron chi connectivity index (χ2n) is 2.57. The first-order chi connectivity index (χ1) is 5.52. The van der Waals surface area contributed by atoms with Gasteiger partial charge >= 0.3 is 12.0 Å². The van der Waals surface area contributed by atoms with Gasteiger partial charge in [0.15, 0.2) is 0 Å². The summed E-state index contributed by atoms with van der Waals surface area (Å²) in [6.07, 6.45) is 0. The molecule has 5 nitrogen and oxygen atoms in total. The number of rotatable bonds is 1. The van der Waals surface area contributed by atoms with E-state index < -0.39 is 18.0 Å². The highest BCUT2D eigenvalue weighted by atomic mass is 32.1. The molecular formula is C6H8N2O3S. The number of carboxylic acid groups (broad SMARTS) is 1. The Balaban J connectivity index is 2.79. The number of hydrogen-bond donors (Lipinski definition) is 3. The van der Waals surface area contributed by atoms with Gasteiger partial charge in [-0.15, -0.1) is 0 Å². The summed E-state index contributed by atoms with van der Waals surface area (Å²) in [4.78, 5) is 21.6. The predicted molar refractivity (Wildman–Crippen MR) is 44.9 cm³/mol. The zero-order valence-corrected chi connectivity index (χ0v) is 7.14. The van der Waals surface area contributed by atoms with E-state index in [0.717, 1.165) is 0 Å². The summed E-state index contributed by atoms with van der Waals surface area (Å²) in [5, 5.41) is 13.2. The lowest BCUT2D eigenvalue weighted by Crippen LogP contribution is -2.59. The molecule has 6 heteroatoms. The number of carbonyl (C=O) groups is 2. The summed E-state index contributed by atoms with van der Waals surface area (Å²) >= 11 is 4.77. The van der Waals surface area contributed by atoms with Crippen molar-refractivity contribution in [2.24, 2.45) is 5.92 Å². The topological polar surface area (TPSA) is 78.4 Å². The minimum atomic E-state index is -1.07. The number of carbonyl (C=O) groups excluding carboxylic acids is 1. The second-order valence-corrected chi connectivity index (χ2v) is 3.01. The summed E-state index contributed by atoms with van der Waals surface area (Å²) in [6.45, 7) is 1.65. The molecule has 0 saturated carbocycles. The van der Waals surface area contributed by atoms with E-state index in [2.05, 4.69) is 10.6 Å². The molecule has 0 unspecified atom stereocenters. The third-order valence-electron chi connectivity index (χ3n) is 1.70. The molecule has 0 aromatic heterocycles. The Kier molecular flexibility index (Phi) is 2.27. The Morgan fingerprint density at radius 1 is 1.67 bits per heavy atom. The SMILES string of the molecule is C[C@H]1C(=S)NC(=O)N[C@@H]1C(=O)O. The van der Waals surface area contributed by atoms with Gasteiger partial charge in [-0.3, -0.25) is 0 Å². The minimum Gasteiger partial charge on any atom is -0.480 e. The maximum atomic E-state index is 10.8. The minimum absolute atomic E-state index is 0.270. The molecule has 1 fully saturated rings. The highest BCUT2D eigenvalue weighted by Crippen LogP contribution is 2.08. The van der Waals surface area contributed by atoms with Crippen molar-refractivity contribution in [1.29, 1.82) is 0 Å². The largest absolute Gasteiger partial charge is 0.480 e. The van der Waals surface area contributed by atoms with Crippen LogP contribution in [0, 0.1) is 5.92 Å². The molecule has 0 aromatic rings. The number of hydrogen-bond acceptors (Lipinski definition) is 3. The van der Waals surface area contributed by atoms with E-state index in [1.54, 1.807) is 6.92 Å². The van der Waals surface area contributed by atoms with Crippen LogP contribution in [-0.2, 0) is 4.79 Å². The van der Waals surface area contributed by atoms with Crippen molar-refractivity contribution in [2.75, 3.05) is 0 Å². The maximum Gasteiger partial charge on any atom is 0.326 e. The molecular weight excluding hydrogens is 180 g/mol. The Morgan fingerprint density at radius 2 is 2.25 bits per heavy atom. The van der Waals surface area contributed by atoms with Crippen molar-refractivity contribution in [1.82, 2.24) is 10.6 Å². The molecule has 2 amide bonds. The van der Waals surface area contributed by atoms with E-state index >= 15 is 0 Å². The Bertz CT molecular complexity index is 253. The van der Waals surface area contributed by atoms with Gasteiger partial charge in [0, 0.05) is 5.92 Å². The monoisotopic (exact) mass is 188 g/mol. The quantitative estimate of drug-likeness (QED) is 0.494. The van der Waals surface area contributed by atoms with E-state index in [9.17, 15) is 9.59 Å². The fourth-order valence-corrected chi connectivity index (χ4v) is 1.18. The molecule has 66 valence electrons. The predicted octanol–water partition coefficient (Wildman–Crippen LogP) is -0.284. The average molecular weight is 188 g/mol. The van der Waals surface area contributed by atoms with Crippen LogP contribution in [0.15, 0.2) is 0 Å². The van der Waals surface area contributed by atoms with Crippen molar-refractivity contribution in [3.05, 3.63) is 0 Å². The highest BCUT2D eigenvalue weighted by molar-refractivity contribution is 7.80. The Hall–Kier alpha value is -1.17. The van der Waals surface area contributed by atoms with Crippen LogP contribution in [0.3, 0.4) is 0 Å². The van der Waals surface area contributed by atoms with Crippen molar-refractivity contribution < 1.29 is 14.7 Å². The summed E-state index contributed by atoms with van der Waals surface area (Å²) in [7, 11) is 0. The van der Waals surface area contributed by atoms with Crippen LogP contribution < -0.4 is 10.6 Å². The Labute approximate surface area is 74.1 Å². The van der Waals surface area contributed by atoms with E-state index in [1.807, 2.05) is 0 Å². The van der Waals surface area contributed by atoms with Gasteiger partial charge in [-0.2, -0.15) is 0 Å². The van der Waals surface area contributed by atoms with E-state index in [0.29, 0.717) is 0 Å². The van der Waals surface area contributed by atoms with Gasteiger partial charge in [0.1, 0.15) is 6.04 Å². The van der Waals surface area contributed by atoms with Crippen LogP contribution in [0.2, 0.25) is 0 Å². The molecule has 1 aliphatic heterocycles. The molecule has 0 spiro atoms. The average Bonchev–Trinajstić information content (AvgIpc) is 1.96. The molecule has 2 atom stereocenters. The molecule has 0 bridgehead atoms. The van der Waals surface area contributed by atoms with Crippen LogP contribution in [0.1, 0.15) is 6.92 Å². The van der Waals surface area contributed by atoms with Gasteiger partial charge in [0.2, 0.25) is 0 Å². The number of amides is 2. The highest BCUT2D eigenvalue weighted by Gasteiger charge is 2.34. The van der Waals surface area contributed by atoms with Crippen molar-refractivity contribution in [3.63, 3.8) is 0 Å². The second kappa shape index (κ2) is 3.06. The van der Waals surface area contributed by atoms with Gasteiger partial charge in [0.25, 0.3) is 0 Å². The fraction of sp³-hybridized carbons (Fsp3) is 0.500. The number of nitrogens with one attached hydrogen (secondary N) is 2. The summed E-state index contributed by atoms with van der Waals surface area (Å²) in [5.74, 6) is -1.44. The van der Waals surface area contributed by atoms with Gasteiger partial charge < -0.3 is 15.7 Å². The number of thiocarbonyl (C=S) groups is 1. The molecule has 1 aliphatic rings. The lowest BCUT2D eigenvalue weighted by Gasteiger charge is -2.27. The first-order valence-corrected chi connectivity index (χ1v) is 3.77. The zero-order valence-electron chi connectivity index (χ0n) is 6.33. The number of aliphatic carboxylic acids is 1. The van der Waals surface area contributed by atoms with Crippen LogP contribution in [0.4, 0.5) is 4.79 Å². The smallest absolute Gasteiger partial charge is 0.326 e. The maximum absolute atomic E-state index is 10.8.